The van der Waals surface area contributed by atoms with E-state index in [-0.39, 0.29) is 45.7 Å². The molecule has 0 unspecified atom stereocenters. The summed E-state index contributed by atoms with van der Waals surface area (Å²) >= 11 is 6.81. The standard InChI is InChI=1S/C32H35ClFN7O2/c1-8-25(42)39-13-14-40(19(6)16-39)30-22-15-23(33)28(21-11-9-10-12-24(21)34)37-31(22)41(32(43)38-30)29-26(17(2)3)35-20(7)36-27(29)18(4)5/h8-12,15,17-19H,1,13-14,16H2,2-7H3/t19-/m0/s1. The molecule has 4 aromatic rings. The van der Waals surface area contributed by atoms with Crippen molar-refractivity contribution in [3.8, 4) is 16.9 Å². The van der Waals surface area contributed by atoms with Gasteiger partial charge in [-0.05, 0) is 50.0 Å². The third kappa shape index (κ3) is 5.51. The molecule has 5 rings (SSSR count). The predicted molar refractivity (Wildman–Crippen MR) is 168 cm³/mol. The molecule has 9 nitrogen and oxygen atoms in total. The van der Waals surface area contributed by atoms with Crippen molar-refractivity contribution in [2.75, 3.05) is 24.5 Å². The first-order chi connectivity index (χ1) is 20.4. The Kier molecular flexibility index (Phi) is 8.34. The van der Waals surface area contributed by atoms with E-state index in [1.807, 2.05) is 46.4 Å². The largest absolute Gasteiger partial charge is 0.355 e. The van der Waals surface area contributed by atoms with E-state index >= 15 is 4.39 Å². The van der Waals surface area contributed by atoms with Crippen LogP contribution in [-0.4, -0.2) is 61.0 Å². The zero-order valence-electron chi connectivity index (χ0n) is 25.2. The van der Waals surface area contributed by atoms with Crippen LogP contribution in [-0.2, 0) is 4.79 Å². The van der Waals surface area contributed by atoms with E-state index < -0.39 is 11.5 Å². The highest BCUT2D eigenvalue weighted by atomic mass is 35.5. The topological polar surface area (TPSA) is 97.1 Å². The zero-order chi connectivity index (χ0) is 31.2. The number of hydrogen-bond acceptors (Lipinski definition) is 7. The number of carbonyl (C=O) groups is 1. The number of aromatic nitrogens is 5. The normalized spacial score (nSPS) is 15.5. The van der Waals surface area contributed by atoms with Crippen LogP contribution in [0.3, 0.4) is 0 Å². The number of benzene rings is 1. The molecule has 1 atom stereocenters. The Labute approximate surface area is 255 Å². The Morgan fingerprint density at radius 3 is 2.30 bits per heavy atom. The van der Waals surface area contributed by atoms with Crippen LogP contribution in [0.25, 0.3) is 28.0 Å². The van der Waals surface area contributed by atoms with Crippen LogP contribution in [0.4, 0.5) is 10.2 Å². The van der Waals surface area contributed by atoms with E-state index in [0.717, 1.165) is 0 Å². The molecule has 11 heteroatoms. The third-order valence-electron chi connectivity index (χ3n) is 7.68. The number of fused-ring (bicyclic) bond motifs is 1. The number of aryl methyl sites for hydroxylation is 1. The predicted octanol–water partition coefficient (Wildman–Crippen LogP) is 5.81. The lowest BCUT2D eigenvalue weighted by Gasteiger charge is -2.40. The monoisotopic (exact) mass is 603 g/mol. The van der Waals surface area contributed by atoms with Gasteiger partial charge in [0.1, 0.15) is 17.5 Å². The second-order valence-corrected chi connectivity index (χ2v) is 11.9. The highest BCUT2D eigenvalue weighted by molar-refractivity contribution is 6.33. The number of amides is 1. The quantitative estimate of drug-likeness (QED) is 0.257. The van der Waals surface area contributed by atoms with Crippen molar-refractivity contribution in [2.24, 2.45) is 0 Å². The van der Waals surface area contributed by atoms with Gasteiger partial charge in [-0.2, -0.15) is 4.98 Å². The van der Waals surface area contributed by atoms with Gasteiger partial charge in [-0.3, -0.25) is 4.79 Å². The molecule has 1 fully saturated rings. The number of halogens is 2. The van der Waals surface area contributed by atoms with E-state index in [1.165, 1.54) is 16.7 Å². The Morgan fingerprint density at radius 1 is 1.07 bits per heavy atom. The lowest BCUT2D eigenvalue weighted by atomic mass is 10.0. The summed E-state index contributed by atoms with van der Waals surface area (Å²) in [6.07, 6.45) is 1.30. The molecule has 0 radical (unpaired) electrons. The minimum absolute atomic E-state index is 0.0512. The molecule has 3 aromatic heterocycles. The first-order valence-electron chi connectivity index (χ1n) is 14.4. The van der Waals surface area contributed by atoms with Gasteiger partial charge in [0.05, 0.1) is 33.2 Å². The third-order valence-corrected chi connectivity index (χ3v) is 7.97. The van der Waals surface area contributed by atoms with Gasteiger partial charge in [0.15, 0.2) is 5.65 Å². The smallest absolute Gasteiger partial charge is 0.350 e. The number of rotatable bonds is 6. The molecule has 0 bridgehead atoms. The van der Waals surface area contributed by atoms with Gasteiger partial charge in [-0.15, -0.1) is 0 Å². The molecule has 0 saturated carbocycles. The van der Waals surface area contributed by atoms with Crippen molar-refractivity contribution in [1.82, 2.24) is 29.4 Å². The second kappa shape index (κ2) is 11.8. The van der Waals surface area contributed by atoms with Crippen molar-refractivity contribution in [3.63, 3.8) is 0 Å². The minimum Gasteiger partial charge on any atom is -0.350 e. The summed E-state index contributed by atoms with van der Waals surface area (Å²) in [5.41, 5.74) is 2.01. The fourth-order valence-corrected chi connectivity index (χ4v) is 5.87. The van der Waals surface area contributed by atoms with Crippen molar-refractivity contribution < 1.29 is 9.18 Å². The summed E-state index contributed by atoms with van der Waals surface area (Å²) in [6.45, 7) is 16.7. The number of nitrogens with zero attached hydrogens (tertiary/aromatic N) is 7. The van der Waals surface area contributed by atoms with Gasteiger partial charge < -0.3 is 9.80 Å². The SMILES string of the molecule is C=CC(=O)N1CCN(c2nc(=O)n(-c3c(C(C)C)nc(C)nc3C(C)C)c3nc(-c4ccccc4F)c(Cl)cc23)[C@@H](C)C1. The number of carbonyl (C=O) groups excluding carboxylic acids is 1. The Balaban J connectivity index is 1.86. The van der Waals surface area contributed by atoms with Gasteiger partial charge in [0, 0.05) is 31.2 Å². The average molecular weight is 604 g/mol. The highest BCUT2D eigenvalue weighted by Gasteiger charge is 2.31. The van der Waals surface area contributed by atoms with Gasteiger partial charge in [0.25, 0.3) is 0 Å². The molecule has 224 valence electrons. The summed E-state index contributed by atoms with van der Waals surface area (Å²) in [6, 6.07) is 7.77. The summed E-state index contributed by atoms with van der Waals surface area (Å²) < 4.78 is 16.5. The number of anilines is 1. The van der Waals surface area contributed by atoms with Crippen LogP contribution in [0.5, 0.6) is 0 Å². The number of pyridine rings is 1. The van der Waals surface area contributed by atoms with Crippen LogP contribution in [0.15, 0.2) is 47.8 Å². The maximum atomic E-state index is 15.0. The summed E-state index contributed by atoms with van der Waals surface area (Å²) in [5.74, 6) is 0.256. The molecular formula is C32H35ClFN7O2. The first-order valence-corrected chi connectivity index (χ1v) is 14.8. The van der Waals surface area contributed by atoms with Crippen LogP contribution in [0, 0.1) is 12.7 Å². The second-order valence-electron chi connectivity index (χ2n) is 11.5. The fraction of sp³-hybridized carbons (Fsp3) is 0.375. The molecule has 1 aliphatic heterocycles. The fourth-order valence-electron chi connectivity index (χ4n) is 5.61. The van der Waals surface area contributed by atoms with E-state index in [1.54, 1.807) is 29.2 Å². The molecule has 0 aliphatic carbocycles. The maximum Gasteiger partial charge on any atom is 0.355 e. The first kappa shape index (κ1) is 30.3. The minimum atomic E-state index is -0.565. The summed E-state index contributed by atoms with van der Waals surface area (Å²) in [5, 5.41) is 0.734. The van der Waals surface area contributed by atoms with Crippen LogP contribution >= 0.6 is 11.6 Å². The Hall–Kier alpha value is -4.18. The lowest BCUT2D eigenvalue weighted by molar-refractivity contribution is -0.126. The van der Waals surface area contributed by atoms with Gasteiger partial charge in [-0.1, -0.05) is 58.0 Å². The van der Waals surface area contributed by atoms with Crippen molar-refractivity contribution in [2.45, 2.75) is 59.4 Å². The molecule has 4 heterocycles. The molecule has 1 saturated heterocycles. The zero-order valence-corrected chi connectivity index (χ0v) is 26.0. The summed E-state index contributed by atoms with van der Waals surface area (Å²) in [4.78, 5) is 49.2. The van der Waals surface area contributed by atoms with E-state index in [2.05, 4.69) is 11.6 Å². The molecule has 1 amide bonds. The molecule has 1 aliphatic rings. The number of piperazine rings is 1. The van der Waals surface area contributed by atoms with E-state index in [0.29, 0.717) is 53.7 Å². The van der Waals surface area contributed by atoms with Crippen molar-refractivity contribution in [1.29, 1.82) is 0 Å². The Bertz CT molecular complexity index is 1770. The molecule has 0 spiro atoms. The van der Waals surface area contributed by atoms with Crippen LogP contribution < -0.4 is 10.6 Å². The molecular weight excluding hydrogens is 569 g/mol. The van der Waals surface area contributed by atoms with Gasteiger partial charge in [-0.25, -0.2) is 28.7 Å². The lowest BCUT2D eigenvalue weighted by Crippen LogP contribution is -2.54. The van der Waals surface area contributed by atoms with Gasteiger partial charge in [0.2, 0.25) is 5.91 Å². The van der Waals surface area contributed by atoms with E-state index in [4.69, 9.17) is 26.6 Å². The maximum absolute atomic E-state index is 15.0. The van der Waals surface area contributed by atoms with Crippen molar-refractivity contribution in [3.05, 3.63) is 81.5 Å². The molecule has 43 heavy (non-hydrogen) atoms. The van der Waals surface area contributed by atoms with Gasteiger partial charge >= 0.3 is 5.69 Å². The van der Waals surface area contributed by atoms with E-state index in [9.17, 15) is 9.59 Å². The number of hydrogen-bond donors (Lipinski definition) is 0. The average Bonchev–Trinajstić information content (AvgIpc) is 2.96. The van der Waals surface area contributed by atoms with Crippen LogP contribution in [0.2, 0.25) is 5.02 Å². The Morgan fingerprint density at radius 2 is 1.72 bits per heavy atom. The molecule has 1 aromatic carbocycles. The summed E-state index contributed by atoms with van der Waals surface area (Å²) in [7, 11) is 0. The van der Waals surface area contributed by atoms with Crippen molar-refractivity contribution >= 4 is 34.4 Å². The van der Waals surface area contributed by atoms with Crippen LogP contribution in [0.1, 0.15) is 63.7 Å². The highest BCUT2D eigenvalue weighted by Crippen LogP contribution is 2.37. The molecule has 0 N–H and O–H groups in total.